The molecule has 0 aliphatic rings. The summed E-state index contributed by atoms with van der Waals surface area (Å²) in [5, 5.41) is 6.62. The fourth-order valence-corrected chi connectivity index (χ4v) is 3.72. The second-order valence-electron chi connectivity index (χ2n) is 5.96. The summed E-state index contributed by atoms with van der Waals surface area (Å²) in [5.41, 5.74) is 2.52. The monoisotopic (exact) mass is 396 g/mol. The summed E-state index contributed by atoms with van der Waals surface area (Å²) in [7, 11) is 0. The van der Waals surface area contributed by atoms with Gasteiger partial charge in [-0.25, -0.2) is 9.78 Å². The maximum atomic E-state index is 12.5. The van der Waals surface area contributed by atoms with Crippen molar-refractivity contribution >= 4 is 45.5 Å². The molecule has 2 aromatic carbocycles. The number of benzene rings is 2. The molecule has 7 heteroatoms. The van der Waals surface area contributed by atoms with Crippen LogP contribution in [0.2, 0.25) is 5.02 Å². The minimum absolute atomic E-state index is 0.306. The lowest BCUT2D eigenvalue weighted by atomic mass is 10.1. The molecule has 0 atom stereocenters. The third-order valence-corrected chi connectivity index (χ3v) is 5.14. The van der Waals surface area contributed by atoms with E-state index in [0.29, 0.717) is 27.0 Å². The van der Waals surface area contributed by atoms with Crippen LogP contribution in [0.3, 0.4) is 0 Å². The van der Waals surface area contributed by atoms with Gasteiger partial charge in [0, 0.05) is 39.2 Å². The number of carbonyl (C=O) groups is 1. The van der Waals surface area contributed by atoms with Crippen molar-refractivity contribution in [1.29, 1.82) is 0 Å². The minimum atomic E-state index is -0.422. The van der Waals surface area contributed by atoms with Gasteiger partial charge in [-0.15, -0.1) is 11.3 Å². The molecule has 0 radical (unpaired) electrons. The first-order valence-corrected chi connectivity index (χ1v) is 9.33. The first-order valence-electron chi connectivity index (χ1n) is 8.07. The lowest BCUT2D eigenvalue weighted by molar-refractivity contribution is 0.102. The lowest BCUT2D eigenvalue weighted by Gasteiger charge is -2.05. The summed E-state index contributed by atoms with van der Waals surface area (Å²) in [6.45, 7) is 1.84. The summed E-state index contributed by atoms with van der Waals surface area (Å²) in [6.07, 6.45) is 0. The van der Waals surface area contributed by atoms with Crippen LogP contribution in [0, 0.1) is 6.92 Å². The second-order valence-corrected chi connectivity index (χ2v) is 7.26. The molecule has 1 amide bonds. The molecule has 4 rings (SSSR count). The Morgan fingerprint density at radius 2 is 2.04 bits per heavy atom. The molecular weight excluding hydrogens is 384 g/mol. The highest BCUT2D eigenvalue weighted by Gasteiger charge is 2.13. The van der Waals surface area contributed by atoms with Crippen LogP contribution < -0.4 is 10.9 Å². The van der Waals surface area contributed by atoms with Crippen molar-refractivity contribution in [1.82, 2.24) is 4.98 Å². The number of rotatable bonds is 3. The molecule has 0 bridgehead atoms. The van der Waals surface area contributed by atoms with E-state index in [-0.39, 0.29) is 5.91 Å². The number of amides is 1. The minimum Gasteiger partial charge on any atom is -0.423 e. The lowest BCUT2D eigenvalue weighted by Crippen LogP contribution is -2.12. The van der Waals surface area contributed by atoms with Crippen LogP contribution >= 0.6 is 22.9 Å². The fourth-order valence-electron chi connectivity index (χ4n) is 2.73. The van der Waals surface area contributed by atoms with Crippen LogP contribution in [-0.4, -0.2) is 10.9 Å². The highest BCUT2D eigenvalue weighted by Crippen LogP contribution is 2.27. The first kappa shape index (κ1) is 17.5. The van der Waals surface area contributed by atoms with E-state index < -0.39 is 5.63 Å². The third kappa shape index (κ3) is 3.63. The van der Waals surface area contributed by atoms with E-state index in [2.05, 4.69) is 10.3 Å². The highest BCUT2D eigenvalue weighted by atomic mass is 35.5. The molecule has 0 aliphatic heterocycles. The molecule has 5 nitrogen and oxygen atoms in total. The molecule has 1 N–H and O–H groups in total. The van der Waals surface area contributed by atoms with E-state index in [9.17, 15) is 9.59 Å². The molecule has 2 heterocycles. The largest absolute Gasteiger partial charge is 0.423 e. The van der Waals surface area contributed by atoms with E-state index in [1.807, 2.05) is 25.1 Å². The predicted octanol–water partition coefficient (Wildman–Crippen LogP) is 5.13. The third-order valence-electron chi connectivity index (χ3n) is 4.02. The van der Waals surface area contributed by atoms with Gasteiger partial charge in [0.25, 0.3) is 5.91 Å². The first-order chi connectivity index (χ1) is 13.0. The van der Waals surface area contributed by atoms with Gasteiger partial charge >= 0.3 is 5.63 Å². The summed E-state index contributed by atoms with van der Waals surface area (Å²) in [6, 6.07) is 13.9. The maximum absolute atomic E-state index is 12.5. The standard InChI is InChI=1S/C20H13ClN2O3S/c1-11-7-18(24)26-17-9-14(5-6-15(11)17)22-19(25)16-10-27-20(23-16)12-3-2-4-13(21)8-12/h2-10H,1H3,(H,22,25). The van der Waals surface area contributed by atoms with Crippen LogP contribution in [-0.2, 0) is 0 Å². The van der Waals surface area contributed by atoms with Gasteiger partial charge in [-0.1, -0.05) is 23.7 Å². The van der Waals surface area contributed by atoms with Gasteiger partial charge < -0.3 is 9.73 Å². The van der Waals surface area contributed by atoms with Crippen LogP contribution in [0.1, 0.15) is 16.1 Å². The number of fused-ring (bicyclic) bond motifs is 1. The smallest absolute Gasteiger partial charge is 0.336 e. The molecule has 27 heavy (non-hydrogen) atoms. The van der Waals surface area contributed by atoms with Crippen LogP contribution in [0.5, 0.6) is 0 Å². The van der Waals surface area contributed by atoms with E-state index in [4.69, 9.17) is 16.0 Å². The second kappa shape index (κ2) is 6.98. The molecule has 0 aliphatic carbocycles. The number of carbonyl (C=O) groups excluding carboxylic acids is 1. The topological polar surface area (TPSA) is 72.2 Å². The van der Waals surface area contributed by atoms with Crippen molar-refractivity contribution in [2.75, 3.05) is 5.32 Å². The van der Waals surface area contributed by atoms with Crippen LogP contribution in [0.15, 0.2) is 63.1 Å². The molecule has 4 aromatic rings. The number of nitrogens with zero attached hydrogens (tertiary/aromatic N) is 1. The van der Waals surface area contributed by atoms with Crippen LogP contribution in [0.25, 0.3) is 21.5 Å². The van der Waals surface area contributed by atoms with Crippen molar-refractivity contribution in [2.45, 2.75) is 6.92 Å². The average molecular weight is 397 g/mol. The molecule has 0 unspecified atom stereocenters. The molecule has 0 fully saturated rings. The van der Waals surface area contributed by atoms with E-state index in [1.165, 1.54) is 17.4 Å². The summed E-state index contributed by atoms with van der Waals surface area (Å²) >= 11 is 7.37. The van der Waals surface area contributed by atoms with E-state index >= 15 is 0 Å². The Labute approximate surface area is 163 Å². The van der Waals surface area contributed by atoms with Gasteiger partial charge in [-0.2, -0.15) is 0 Å². The number of thiazole rings is 1. The van der Waals surface area contributed by atoms with Crippen molar-refractivity contribution in [3.05, 3.63) is 80.6 Å². The number of anilines is 1. The van der Waals surface area contributed by atoms with Crippen molar-refractivity contribution in [3.63, 3.8) is 0 Å². The summed E-state index contributed by atoms with van der Waals surface area (Å²) < 4.78 is 5.21. The Hall–Kier alpha value is -2.96. The average Bonchev–Trinajstić information content (AvgIpc) is 3.11. The molecule has 0 saturated heterocycles. The SMILES string of the molecule is Cc1cc(=O)oc2cc(NC(=O)c3csc(-c4cccc(Cl)c4)n3)ccc12. The van der Waals surface area contributed by atoms with Crippen molar-refractivity contribution in [3.8, 4) is 10.6 Å². The quantitative estimate of drug-likeness (QED) is 0.487. The Morgan fingerprint density at radius 1 is 1.19 bits per heavy atom. The Morgan fingerprint density at radius 3 is 2.85 bits per heavy atom. The zero-order chi connectivity index (χ0) is 19.0. The number of halogens is 1. The number of hydrogen-bond acceptors (Lipinski definition) is 5. The highest BCUT2D eigenvalue weighted by molar-refractivity contribution is 7.13. The van der Waals surface area contributed by atoms with Gasteiger partial charge in [0.15, 0.2) is 0 Å². The molecular formula is C20H13ClN2O3S. The molecule has 2 aromatic heterocycles. The van der Waals surface area contributed by atoms with Gasteiger partial charge in [0.1, 0.15) is 16.3 Å². The van der Waals surface area contributed by atoms with E-state index in [0.717, 1.165) is 16.5 Å². The van der Waals surface area contributed by atoms with Crippen LogP contribution in [0.4, 0.5) is 5.69 Å². The predicted molar refractivity (Wildman–Crippen MR) is 108 cm³/mol. The summed E-state index contributed by atoms with van der Waals surface area (Å²) in [4.78, 5) is 28.4. The van der Waals surface area contributed by atoms with Crippen molar-refractivity contribution in [2.24, 2.45) is 0 Å². The number of hydrogen-bond donors (Lipinski definition) is 1. The Balaban J connectivity index is 1.59. The van der Waals surface area contributed by atoms with Gasteiger partial charge in [-0.3, -0.25) is 4.79 Å². The maximum Gasteiger partial charge on any atom is 0.336 e. The molecule has 0 saturated carbocycles. The number of aromatic nitrogens is 1. The number of aryl methyl sites for hydroxylation is 1. The Bertz CT molecular complexity index is 1230. The summed E-state index contributed by atoms with van der Waals surface area (Å²) in [5.74, 6) is -0.339. The Kier molecular flexibility index (Phi) is 4.51. The zero-order valence-corrected chi connectivity index (χ0v) is 15.7. The van der Waals surface area contributed by atoms with Gasteiger partial charge in [-0.05, 0) is 36.8 Å². The normalized spacial score (nSPS) is 10.9. The molecule has 0 spiro atoms. The van der Waals surface area contributed by atoms with Crippen molar-refractivity contribution < 1.29 is 9.21 Å². The fraction of sp³-hybridized carbons (Fsp3) is 0.0500. The van der Waals surface area contributed by atoms with E-state index in [1.54, 1.807) is 29.6 Å². The zero-order valence-electron chi connectivity index (χ0n) is 14.2. The van der Waals surface area contributed by atoms with Gasteiger partial charge in [0.2, 0.25) is 0 Å². The number of nitrogens with one attached hydrogen (secondary N) is 1. The van der Waals surface area contributed by atoms with Gasteiger partial charge in [0.05, 0.1) is 0 Å². The molecule has 134 valence electrons.